The van der Waals surface area contributed by atoms with Gasteiger partial charge >= 0.3 is 0 Å². The van der Waals surface area contributed by atoms with E-state index >= 15 is 0 Å². The Kier molecular flexibility index (Phi) is 4.47. The number of hydrogen-bond acceptors (Lipinski definition) is 4. The fraction of sp³-hybridized carbons (Fsp3) is 0.357. The lowest BCUT2D eigenvalue weighted by molar-refractivity contribution is -0.116. The van der Waals surface area contributed by atoms with E-state index in [9.17, 15) is 9.90 Å². The van der Waals surface area contributed by atoms with Gasteiger partial charge in [0.05, 0.1) is 11.8 Å². The lowest BCUT2D eigenvalue weighted by Crippen LogP contribution is -2.14. The summed E-state index contributed by atoms with van der Waals surface area (Å²) in [4.78, 5) is 11.9. The Hall–Kier alpha value is -2.21. The number of aryl methyl sites for hydroxylation is 1. The van der Waals surface area contributed by atoms with E-state index < -0.39 is 6.10 Å². The maximum absolute atomic E-state index is 11.9. The third-order valence-corrected chi connectivity index (χ3v) is 2.94. The van der Waals surface area contributed by atoms with Gasteiger partial charge in [0, 0.05) is 19.0 Å². The summed E-state index contributed by atoms with van der Waals surface area (Å²) in [5.41, 5.74) is 1.51. The van der Waals surface area contributed by atoms with Crippen LogP contribution in [0.1, 0.15) is 19.8 Å². The predicted molar refractivity (Wildman–Crippen MR) is 76.0 cm³/mol. The van der Waals surface area contributed by atoms with Gasteiger partial charge < -0.3 is 15.0 Å². The molecule has 20 heavy (non-hydrogen) atoms. The van der Waals surface area contributed by atoms with Gasteiger partial charge in [-0.25, -0.2) is 0 Å². The molecular formula is C14H18N4O2. The average Bonchev–Trinajstić information content (AvgIpc) is 2.83. The number of hydrogen-bond donors (Lipinski definition) is 2. The van der Waals surface area contributed by atoms with Gasteiger partial charge in [-0.1, -0.05) is 12.1 Å². The third kappa shape index (κ3) is 3.42. The molecule has 0 aliphatic carbocycles. The molecule has 6 heteroatoms. The number of benzene rings is 1. The number of para-hydroxylation sites is 1. The molecule has 0 saturated heterocycles. The van der Waals surface area contributed by atoms with Crippen molar-refractivity contribution in [3.63, 3.8) is 0 Å². The Bertz CT molecular complexity index is 592. The molecule has 0 radical (unpaired) electrons. The van der Waals surface area contributed by atoms with Gasteiger partial charge in [-0.3, -0.25) is 4.79 Å². The van der Waals surface area contributed by atoms with Crippen LogP contribution < -0.4 is 5.32 Å². The second-order valence-electron chi connectivity index (χ2n) is 4.75. The van der Waals surface area contributed by atoms with Gasteiger partial charge in [0.25, 0.3) is 0 Å². The summed E-state index contributed by atoms with van der Waals surface area (Å²) in [6.07, 6.45) is 1.86. The molecule has 0 spiro atoms. The van der Waals surface area contributed by atoms with Crippen LogP contribution in [0.3, 0.4) is 0 Å². The zero-order chi connectivity index (χ0) is 14.5. The van der Waals surface area contributed by atoms with Crippen LogP contribution in [0.4, 0.5) is 5.69 Å². The molecule has 1 aromatic carbocycles. The normalized spacial score (nSPS) is 12.2. The summed E-state index contributed by atoms with van der Waals surface area (Å²) in [5.74, 6) is 0.567. The molecule has 0 saturated carbocycles. The zero-order valence-electron chi connectivity index (χ0n) is 11.6. The van der Waals surface area contributed by atoms with E-state index in [4.69, 9.17) is 0 Å². The molecule has 0 fully saturated rings. The number of carbonyl (C=O) groups excluding carboxylic acids is 1. The largest absolute Gasteiger partial charge is 0.393 e. The fourth-order valence-electron chi connectivity index (χ4n) is 1.87. The summed E-state index contributed by atoms with van der Waals surface area (Å²) < 4.78 is 1.79. The highest BCUT2D eigenvalue weighted by atomic mass is 16.3. The van der Waals surface area contributed by atoms with Crippen LogP contribution in [0.25, 0.3) is 11.4 Å². The van der Waals surface area contributed by atoms with Crippen LogP contribution in [0, 0.1) is 0 Å². The summed E-state index contributed by atoms with van der Waals surface area (Å²) in [6.45, 7) is 1.67. The molecule has 0 aliphatic rings. The molecule has 1 amide bonds. The number of nitrogens with zero attached hydrogens (tertiary/aromatic N) is 3. The Labute approximate surface area is 117 Å². The molecule has 1 unspecified atom stereocenters. The molecule has 2 N–H and O–H groups in total. The highest BCUT2D eigenvalue weighted by Gasteiger charge is 2.12. The maximum atomic E-state index is 11.9. The lowest BCUT2D eigenvalue weighted by atomic mass is 10.1. The molecule has 1 atom stereocenters. The summed E-state index contributed by atoms with van der Waals surface area (Å²) in [6, 6.07) is 7.44. The first-order chi connectivity index (χ1) is 9.58. The maximum Gasteiger partial charge on any atom is 0.224 e. The Morgan fingerprint density at radius 3 is 2.85 bits per heavy atom. The lowest BCUT2D eigenvalue weighted by Gasteiger charge is -2.11. The van der Waals surface area contributed by atoms with Gasteiger partial charge in [0.15, 0.2) is 5.82 Å². The first kappa shape index (κ1) is 14.2. The second kappa shape index (κ2) is 6.29. The van der Waals surface area contributed by atoms with E-state index in [0.717, 1.165) is 5.56 Å². The molecule has 1 heterocycles. The molecule has 106 valence electrons. The quantitative estimate of drug-likeness (QED) is 0.867. The number of aromatic nitrogens is 3. The topological polar surface area (TPSA) is 80.0 Å². The number of aliphatic hydroxyl groups is 1. The Morgan fingerprint density at radius 2 is 2.20 bits per heavy atom. The van der Waals surface area contributed by atoms with Crippen LogP contribution in [-0.4, -0.2) is 31.9 Å². The third-order valence-electron chi connectivity index (χ3n) is 2.94. The van der Waals surface area contributed by atoms with Crippen molar-refractivity contribution in [2.75, 3.05) is 5.32 Å². The zero-order valence-corrected chi connectivity index (χ0v) is 11.6. The van der Waals surface area contributed by atoms with Crippen molar-refractivity contribution in [1.82, 2.24) is 14.8 Å². The second-order valence-corrected chi connectivity index (χ2v) is 4.75. The van der Waals surface area contributed by atoms with Gasteiger partial charge in [-0.2, -0.15) is 0 Å². The Morgan fingerprint density at radius 1 is 1.45 bits per heavy atom. The fourth-order valence-corrected chi connectivity index (χ4v) is 1.87. The smallest absolute Gasteiger partial charge is 0.224 e. The van der Waals surface area contributed by atoms with Gasteiger partial charge in [0.1, 0.15) is 6.33 Å². The summed E-state index contributed by atoms with van der Waals surface area (Å²) >= 11 is 0. The van der Waals surface area contributed by atoms with E-state index in [0.29, 0.717) is 17.9 Å². The van der Waals surface area contributed by atoms with Crippen molar-refractivity contribution >= 4 is 11.6 Å². The predicted octanol–water partition coefficient (Wildman–Crippen LogP) is 1.58. The number of nitrogens with one attached hydrogen (secondary N) is 1. The summed E-state index contributed by atoms with van der Waals surface area (Å²) in [7, 11) is 1.85. The number of aliphatic hydroxyl groups excluding tert-OH is 1. The Balaban J connectivity index is 2.17. The van der Waals surface area contributed by atoms with Crippen LogP contribution >= 0.6 is 0 Å². The minimum atomic E-state index is -0.477. The first-order valence-corrected chi connectivity index (χ1v) is 6.49. The van der Waals surface area contributed by atoms with Gasteiger partial charge in [-0.15, -0.1) is 10.2 Å². The minimum Gasteiger partial charge on any atom is -0.393 e. The minimum absolute atomic E-state index is 0.125. The van der Waals surface area contributed by atoms with Crippen molar-refractivity contribution < 1.29 is 9.90 Å². The molecule has 1 aromatic heterocycles. The summed E-state index contributed by atoms with van der Waals surface area (Å²) in [5, 5.41) is 20.0. The van der Waals surface area contributed by atoms with Crippen LogP contribution in [0.5, 0.6) is 0 Å². The standard InChI is InChI=1S/C14H18N4O2/c1-10(19)7-8-13(20)16-12-6-4-3-5-11(12)14-17-15-9-18(14)2/h3-6,9-10,19H,7-8H2,1-2H3,(H,16,20). The number of carbonyl (C=O) groups is 1. The van der Waals surface area contributed by atoms with Crippen molar-refractivity contribution in [2.45, 2.75) is 25.9 Å². The molecule has 6 nitrogen and oxygen atoms in total. The van der Waals surface area contributed by atoms with Gasteiger partial charge in [0.2, 0.25) is 5.91 Å². The van der Waals surface area contributed by atoms with E-state index in [1.54, 1.807) is 17.8 Å². The van der Waals surface area contributed by atoms with Crippen molar-refractivity contribution in [3.05, 3.63) is 30.6 Å². The molecular weight excluding hydrogens is 256 g/mol. The van der Waals surface area contributed by atoms with E-state index in [-0.39, 0.29) is 12.3 Å². The first-order valence-electron chi connectivity index (χ1n) is 6.49. The molecule has 0 aliphatic heterocycles. The van der Waals surface area contributed by atoms with Crippen molar-refractivity contribution in [1.29, 1.82) is 0 Å². The number of rotatable bonds is 5. The van der Waals surface area contributed by atoms with Crippen molar-refractivity contribution in [3.8, 4) is 11.4 Å². The molecule has 2 aromatic rings. The van der Waals surface area contributed by atoms with E-state index in [1.165, 1.54) is 0 Å². The molecule has 2 rings (SSSR count). The average molecular weight is 274 g/mol. The number of anilines is 1. The van der Waals surface area contributed by atoms with Gasteiger partial charge in [-0.05, 0) is 25.5 Å². The van der Waals surface area contributed by atoms with Crippen LogP contribution in [0.2, 0.25) is 0 Å². The van der Waals surface area contributed by atoms with Crippen LogP contribution in [0.15, 0.2) is 30.6 Å². The SMILES string of the molecule is CC(O)CCC(=O)Nc1ccccc1-c1nncn1C. The van der Waals surface area contributed by atoms with Crippen LogP contribution in [-0.2, 0) is 11.8 Å². The highest BCUT2D eigenvalue weighted by Crippen LogP contribution is 2.25. The molecule has 0 bridgehead atoms. The monoisotopic (exact) mass is 274 g/mol. The van der Waals surface area contributed by atoms with Crippen molar-refractivity contribution in [2.24, 2.45) is 7.05 Å². The van der Waals surface area contributed by atoms with E-state index in [1.807, 2.05) is 31.3 Å². The number of amides is 1. The van der Waals surface area contributed by atoms with E-state index in [2.05, 4.69) is 15.5 Å². The highest BCUT2D eigenvalue weighted by molar-refractivity contribution is 5.94.